The Kier molecular flexibility index (Phi) is 4.36. The van der Waals surface area contributed by atoms with E-state index in [4.69, 9.17) is 0 Å². The molecule has 5 rings (SSSR count). The molecule has 0 saturated heterocycles. The van der Waals surface area contributed by atoms with Crippen molar-refractivity contribution in [1.29, 1.82) is 0 Å². The zero-order valence-corrected chi connectivity index (χ0v) is 17.2. The number of hydrogen-bond acceptors (Lipinski definition) is 0. The van der Waals surface area contributed by atoms with E-state index in [-0.39, 0.29) is 5.41 Å². The minimum atomic E-state index is 0.258. The van der Waals surface area contributed by atoms with Gasteiger partial charge < -0.3 is 0 Å². The summed E-state index contributed by atoms with van der Waals surface area (Å²) in [5.41, 5.74) is 9.54. The van der Waals surface area contributed by atoms with Gasteiger partial charge in [-0.3, -0.25) is 0 Å². The van der Waals surface area contributed by atoms with Crippen molar-refractivity contribution in [2.24, 2.45) is 5.41 Å². The third-order valence-corrected chi connectivity index (χ3v) is 8.00. The summed E-state index contributed by atoms with van der Waals surface area (Å²) in [5, 5.41) is 1.66. The highest BCUT2D eigenvalue weighted by Crippen LogP contribution is 2.54. The molecule has 3 aliphatic carbocycles. The molecule has 0 unspecified atom stereocenters. The SMILES string of the molecule is CC[Si]=C1C(C2(C3=Cc4ccccc4C3)CCCCC2)=Cc2ccccc21. The van der Waals surface area contributed by atoms with Crippen LogP contribution in [0.4, 0.5) is 0 Å². The molecule has 0 atom stereocenters. The predicted octanol–water partition coefficient (Wildman–Crippen LogP) is 6.34. The van der Waals surface area contributed by atoms with Gasteiger partial charge in [-0.2, -0.15) is 0 Å². The van der Waals surface area contributed by atoms with Gasteiger partial charge in [-0.1, -0.05) is 92.4 Å². The van der Waals surface area contributed by atoms with Crippen LogP contribution in [0, 0.1) is 5.41 Å². The molecule has 27 heavy (non-hydrogen) atoms. The first-order chi connectivity index (χ1) is 13.3. The Morgan fingerprint density at radius 1 is 0.852 bits per heavy atom. The van der Waals surface area contributed by atoms with E-state index in [0.29, 0.717) is 0 Å². The summed E-state index contributed by atoms with van der Waals surface area (Å²) in [7, 11) is 0.917. The number of rotatable bonds is 3. The van der Waals surface area contributed by atoms with Crippen molar-refractivity contribution >= 4 is 26.5 Å². The van der Waals surface area contributed by atoms with Crippen LogP contribution in [0.3, 0.4) is 0 Å². The number of allylic oxidation sites excluding steroid dienone is 2. The minimum Gasteiger partial charge on any atom is -0.0648 e. The highest BCUT2D eigenvalue weighted by atomic mass is 28.2. The number of benzene rings is 2. The average Bonchev–Trinajstić information content (AvgIpc) is 3.31. The van der Waals surface area contributed by atoms with E-state index in [1.165, 1.54) is 60.4 Å². The lowest BCUT2D eigenvalue weighted by atomic mass is 9.63. The van der Waals surface area contributed by atoms with Crippen LogP contribution in [0.1, 0.15) is 61.3 Å². The maximum atomic E-state index is 2.56. The molecule has 1 heteroatoms. The van der Waals surface area contributed by atoms with Gasteiger partial charge in [-0.15, -0.1) is 0 Å². The van der Waals surface area contributed by atoms with Crippen LogP contribution in [0.15, 0.2) is 59.7 Å². The monoisotopic (exact) mass is 367 g/mol. The van der Waals surface area contributed by atoms with Crippen LogP contribution < -0.4 is 0 Å². The van der Waals surface area contributed by atoms with Crippen LogP contribution in [-0.2, 0) is 6.42 Å². The molecule has 0 N–H and O–H groups in total. The van der Waals surface area contributed by atoms with E-state index in [9.17, 15) is 0 Å². The molecule has 1 radical (unpaired) electrons. The second kappa shape index (κ2) is 6.87. The van der Waals surface area contributed by atoms with Gasteiger partial charge in [0, 0.05) is 14.5 Å². The van der Waals surface area contributed by atoms with E-state index in [2.05, 4.69) is 67.6 Å². The largest absolute Gasteiger partial charge is 0.0648 e. The zero-order valence-electron chi connectivity index (χ0n) is 16.2. The molecule has 2 aromatic rings. The van der Waals surface area contributed by atoms with Crippen molar-refractivity contribution in [1.82, 2.24) is 0 Å². The first-order valence-corrected chi connectivity index (χ1v) is 11.7. The van der Waals surface area contributed by atoms with E-state index in [0.717, 1.165) is 15.6 Å². The maximum absolute atomic E-state index is 2.56. The van der Waals surface area contributed by atoms with Gasteiger partial charge in [0.1, 0.15) is 0 Å². The molecule has 135 valence electrons. The fraction of sp³-hybridized carbons (Fsp3) is 0.346. The van der Waals surface area contributed by atoms with Crippen molar-refractivity contribution in [3.63, 3.8) is 0 Å². The van der Waals surface area contributed by atoms with Crippen molar-refractivity contribution in [2.45, 2.75) is 51.5 Å². The van der Waals surface area contributed by atoms with Gasteiger partial charge in [0.25, 0.3) is 0 Å². The molecule has 2 aromatic carbocycles. The lowest BCUT2D eigenvalue weighted by Crippen LogP contribution is -2.32. The van der Waals surface area contributed by atoms with Crippen LogP contribution in [0.5, 0.6) is 0 Å². The van der Waals surface area contributed by atoms with E-state index in [1.807, 2.05) is 0 Å². The van der Waals surface area contributed by atoms with E-state index >= 15 is 0 Å². The Labute approximate surface area is 165 Å². The van der Waals surface area contributed by atoms with E-state index in [1.54, 1.807) is 16.3 Å². The molecular weight excluding hydrogens is 340 g/mol. The summed E-state index contributed by atoms with van der Waals surface area (Å²) in [6, 6.07) is 19.3. The smallest absolute Gasteiger partial charge is 0.0304 e. The second-order valence-corrected chi connectivity index (χ2v) is 9.80. The fourth-order valence-corrected chi connectivity index (χ4v) is 6.75. The molecule has 0 heterocycles. The molecule has 1 fully saturated rings. The molecular formula is C26H27Si. The summed E-state index contributed by atoms with van der Waals surface area (Å²) < 4.78 is 0. The third-order valence-electron chi connectivity index (χ3n) is 6.76. The molecule has 0 amide bonds. The Balaban J connectivity index is 1.65. The average molecular weight is 368 g/mol. The molecule has 3 aliphatic rings. The Bertz CT molecular complexity index is 967. The highest BCUT2D eigenvalue weighted by molar-refractivity contribution is 6.64. The van der Waals surface area contributed by atoms with Crippen molar-refractivity contribution in [3.05, 3.63) is 81.9 Å². The fourth-order valence-electron chi connectivity index (χ4n) is 5.47. The first kappa shape index (κ1) is 17.1. The van der Waals surface area contributed by atoms with Crippen LogP contribution >= 0.6 is 0 Å². The number of fused-ring (bicyclic) bond motifs is 2. The molecule has 1 saturated carbocycles. The Morgan fingerprint density at radius 2 is 1.59 bits per heavy atom. The summed E-state index contributed by atoms with van der Waals surface area (Å²) >= 11 is 0. The van der Waals surface area contributed by atoms with Gasteiger partial charge >= 0.3 is 0 Å². The summed E-state index contributed by atoms with van der Waals surface area (Å²) in [6.07, 6.45) is 13.0. The van der Waals surface area contributed by atoms with Crippen molar-refractivity contribution in [3.8, 4) is 0 Å². The van der Waals surface area contributed by atoms with Crippen molar-refractivity contribution in [2.75, 3.05) is 0 Å². The first-order valence-electron chi connectivity index (χ1n) is 10.5. The summed E-state index contributed by atoms with van der Waals surface area (Å²) in [5.74, 6) is 0. The molecule has 0 bridgehead atoms. The topological polar surface area (TPSA) is 0 Å². The Hall–Kier alpha value is -1.99. The lowest BCUT2D eigenvalue weighted by molar-refractivity contribution is 0.299. The van der Waals surface area contributed by atoms with Gasteiger partial charge in [0.05, 0.1) is 0 Å². The van der Waals surface area contributed by atoms with Gasteiger partial charge in [0.2, 0.25) is 0 Å². The quantitative estimate of drug-likeness (QED) is 0.556. The van der Waals surface area contributed by atoms with Gasteiger partial charge in [-0.05, 0) is 58.3 Å². The van der Waals surface area contributed by atoms with Gasteiger partial charge in [-0.25, -0.2) is 0 Å². The zero-order chi connectivity index (χ0) is 18.3. The predicted molar refractivity (Wildman–Crippen MR) is 118 cm³/mol. The molecule has 0 spiro atoms. The van der Waals surface area contributed by atoms with Crippen molar-refractivity contribution < 1.29 is 0 Å². The Morgan fingerprint density at radius 3 is 2.37 bits per heavy atom. The molecule has 0 nitrogen and oxygen atoms in total. The number of hydrogen-bond donors (Lipinski definition) is 0. The van der Waals surface area contributed by atoms with Crippen LogP contribution in [0.25, 0.3) is 12.2 Å². The molecule has 0 aromatic heterocycles. The standard InChI is InChI=1S/C26H27Si/c1-2-27-25-23-13-7-6-12-21(23)18-24(25)26(14-8-3-9-15-26)22-16-19-10-4-5-11-20(19)17-22/h4-7,10-13,16,18H,2-3,8-9,14-15,17H2,1H3. The summed E-state index contributed by atoms with van der Waals surface area (Å²) in [4.78, 5) is 0. The van der Waals surface area contributed by atoms with Crippen LogP contribution in [-0.4, -0.2) is 14.3 Å². The molecule has 0 aliphatic heterocycles. The normalized spacial score (nSPS) is 21.6. The maximum Gasteiger partial charge on any atom is 0.0304 e. The second-order valence-electron chi connectivity index (χ2n) is 8.24. The minimum absolute atomic E-state index is 0.258. The highest BCUT2D eigenvalue weighted by Gasteiger charge is 2.43. The lowest BCUT2D eigenvalue weighted by Gasteiger charge is -2.41. The van der Waals surface area contributed by atoms with Crippen LogP contribution in [0.2, 0.25) is 6.04 Å². The summed E-state index contributed by atoms with van der Waals surface area (Å²) in [6.45, 7) is 2.34. The third kappa shape index (κ3) is 2.75. The van der Waals surface area contributed by atoms with Gasteiger partial charge in [0.15, 0.2) is 0 Å². The van der Waals surface area contributed by atoms with E-state index < -0.39 is 0 Å².